The van der Waals surface area contributed by atoms with E-state index in [0.717, 1.165) is 5.56 Å². The van der Waals surface area contributed by atoms with Crippen LogP contribution >= 0.6 is 19.2 Å². The summed E-state index contributed by atoms with van der Waals surface area (Å²) in [6, 6.07) is 34.9. The van der Waals surface area contributed by atoms with Crippen molar-refractivity contribution in [3.8, 4) is 11.1 Å². The molecular weight excluding hydrogens is 617 g/mol. The zero-order chi connectivity index (χ0) is 31.1. The third kappa shape index (κ3) is 5.15. The third-order valence-corrected chi connectivity index (χ3v) is 10.8. The first-order valence-corrected chi connectivity index (χ1v) is 17.1. The van der Waals surface area contributed by atoms with Gasteiger partial charge in [-0.15, -0.1) is 0 Å². The second-order valence-electron chi connectivity index (χ2n) is 10.4. The molecule has 0 atom stereocenters. The topological polar surface area (TPSA) is 117 Å². The molecule has 0 fully saturated rings. The van der Waals surface area contributed by atoms with Crippen LogP contribution in [-0.4, -0.2) is 18.2 Å². The number of sulfonamides is 1. The molecule has 0 unspecified atom stereocenters. The number of furan rings is 1. The van der Waals surface area contributed by atoms with Gasteiger partial charge in [-0.3, -0.25) is 9.29 Å². The van der Waals surface area contributed by atoms with Crippen LogP contribution in [0.5, 0.6) is 0 Å². The van der Waals surface area contributed by atoms with Gasteiger partial charge < -0.3 is 14.2 Å². The fraction of sp³-hybridized carbons (Fsp3) is 0.0588. The van der Waals surface area contributed by atoms with E-state index >= 15 is 0 Å². The minimum absolute atomic E-state index is 0.131. The fourth-order valence-electron chi connectivity index (χ4n) is 5.60. The maximum absolute atomic E-state index is 14.6. The van der Waals surface area contributed by atoms with Gasteiger partial charge in [0, 0.05) is 16.1 Å². The lowest BCUT2D eigenvalue weighted by atomic mass is 9.87. The van der Waals surface area contributed by atoms with E-state index in [2.05, 4.69) is 4.72 Å². The molecule has 0 bridgehead atoms. The number of benzene rings is 5. The molecule has 6 rings (SSSR count). The van der Waals surface area contributed by atoms with Crippen molar-refractivity contribution in [3.63, 3.8) is 0 Å². The minimum Gasteiger partial charge on any atom is -0.458 e. The Morgan fingerprint density at radius 3 is 1.93 bits per heavy atom. The van der Waals surface area contributed by atoms with Crippen LogP contribution in [0.2, 0.25) is 5.02 Å². The molecule has 222 valence electrons. The Morgan fingerprint density at radius 2 is 1.36 bits per heavy atom. The number of rotatable bonds is 8. The van der Waals surface area contributed by atoms with Gasteiger partial charge in [0.05, 0.1) is 0 Å². The van der Waals surface area contributed by atoms with E-state index in [9.17, 15) is 22.8 Å². The summed E-state index contributed by atoms with van der Waals surface area (Å²) < 4.78 is 52.3. The van der Waals surface area contributed by atoms with E-state index < -0.39 is 28.5 Å². The smallest absolute Gasteiger partial charge is 0.348 e. The number of halogens is 1. The summed E-state index contributed by atoms with van der Waals surface area (Å²) in [6.45, 7) is 1.88. The molecule has 5 aromatic carbocycles. The van der Waals surface area contributed by atoms with Crippen molar-refractivity contribution in [1.82, 2.24) is 0 Å². The maximum Gasteiger partial charge on any atom is 0.348 e. The Labute approximate surface area is 260 Å². The fourth-order valence-corrected chi connectivity index (χ4v) is 8.72. The predicted molar refractivity (Wildman–Crippen MR) is 173 cm³/mol. The normalized spacial score (nSPS) is 12.4. The van der Waals surface area contributed by atoms with Gasteiger partial charge >= 0.3 is 7.60 Å². The predicted octanol–water partition coefficient (Wildman–Crippen LogP) is 8.33. The van der Waals surface area contributed by atoms with Gasteiger partial charge in [0.15, 0.2) is 10.9 Å². The summed E-state index contributed by atoms with van der Waals surface area (Å²) in [5.74, 6) is -0.410. The van der Waals surface area contributed by atoms with Gasteiger partial charge in [0.2, 0.25) is 0 Å². The number of aryl methyl sites for hydroxylation is 1. The van der Waals surface area contributed by atoms with Crippen LogP contribution in [0.1, 0.15) is 22.5 Å². The average Bonchev–Trinajstić information content (AvgIpc) is 3.40. The summed E-state index contributed by atoms with van der Waals surface area (Å²) >= 11 is 6.34. The van der Waals surface area contributed by atoms with Gasteiger partial charge in [0.1, 0.15) is 10.5 Å². The van der Waals surface area contributed by atoms with Gasteiger partial charge in [-0.2, -0.15) is 0 Å². The highest BCUT2D eigenvalue weighted by Crippen LogP contribution is 2.66. The summed E-state index contributed by atoms with van der Waals surface area (Å²) in [5.41, 5.74) is 2.72. The summed E-state index contributed by atoms with van der Waals surface area (Å²) in [7, 11) is -9.88. The minimum atomic E-state index is -5.32. The second-order valence-corrected chi connectivity index (χ2v) is 14.2. The third-order valence-electron chi connectivity index (χ3n) is 7.53. The lowest BCUT2D eigenvalue weighted by Gasteiger charge is -2.34. The van der Waals surface area contributed by atoms with Crippen molar-refractivity contribution in [2.24, 2.45) is 0 Å². The molecule has 1 aromatic heterocycles. The lowest BCUT2D eigenvalue weighted by molar-refractivity contribution is 0.335. The molecule has 44 heavy (non-hydrogen) atoms. The van der Waals surface area contributed by atoms with Crippen LogP contribution < -0.4 is 4.72 Å². The molecular formula is C34H27ClNO6PS. The van der Waals surface area contributed by atoms with Crippen LogP contribution in [0.3, 0.4) is 0 Å². The van der Waals surface area contributed by atoms with Crippen molar-refractivity contribution in [1.29, 1.82) is 0 Å². The standard InChI is InChI=1S/C34H27ClNO6PS/c1-23-18-20-28(21-19-23)36-44(40,41)32-31-29(24-10-8-15-27(35)22-24)16-9-17-30(31)42-33(32)34(43(37,38)39,25-11-4-2-5-12-25)26-13-6-3-7-14-26/h2-22,36H,1H3,(H2,37,38,39). The first-order chi connectivity index (χ1) is 21.0. The van der Waals surface area contributed by atoms with Crippen LogP contribution in [0, 0.1) is 6.92 Å². The lowest BCUT2D eigenvalue weighted by Crippen LogP contribution is -2.31. The van der Waals surface area contributed by atoms with E-state index in [1.165, 1.54) is 0 Å². The summed E-state index contributed by atoms with van der Waals surface area (Å²) in [6.07, 6.45) is 0. The molecule has 0 aliphatic rings. The maximum atomic E-state index is 14.6. The van der Waals surface area contributed by atoms with Crippen LogP contribution in [0.25, 0.3) is 22.1 Å². The van der Waals surface area contributed by atoms with Gasteiger partial charge in [0.25, 0.3) is 10.0 Å². The quantitative estimate of drug-likeness (QED) is 0.144. The Bertz CT molecular complexity index is 2090. The number of fused-ring (bicyclic) bond motifs is 1. The van der Waals surface area contributed by atoms with E-state index in [0.29, 0.717) is 16.1 Å². The SMILES string of the molecule is Cc1ccc(NS(=O)(=O)c2c(C(c3ccccc3)(c3ccccc3)P(=O)(O)O)oc3cccc(-c4cccc(Cl)c4)c23)cc1. The molecule has 6 aromatic rings. The van der Waals surface area contributed by atoms with Crippen molar-refractivity contribution in [2.45, 2.75) is 17.0 Å². The van der Waals surface area contributed by atoms with E-state index in [4.69, 9.17) is 16.0 Å². The first kappa shape index (κ1) is 29.9. The summed E-state index contributed by atoms with van der Waals surface area (Å²) in [5, 5.41) is -1.74. The van der Waals surface area contributed by atoms with Crippen molar-refractivity contribution >= 4 is 45.9 Å². The van der Waals surface area contributed by atoms with E-state index in [1.807, 2.05) is 6.92 Å². The molecule has 3 N–H and O–H groups in total. The monoisotopic (exact) mass is 643 g/mol. The number of nitrogens with one attached hydrogen (secondary N) is 1. The number of anilines is 1. The van der Waals surface area contributed by atoms with Gasteiger partial charge in [-0.25, -0.2) is 8.42 Å². The largest absolute Gasteiger partial charge is 0.458 e. The molecule has 0 aliphatic heterocycles. The van der Waals surface area contributed by atoms with Gasteiger partial charge in [-0.05, 0) is 59.5 Å². The van der Waals surface area contributed by atoms with Crippen LogP contribution in [-0.2, 0) is 19.7 Å². The number of hydrogen-bond acceptors (Lipinski definition) is 4. The highest BCUT2D eigenvalue weighted by molar-refractivity contribution is 7.93. The highest BCUT2D eigenvalue weighted by atomic mass is 35.5. The Hall–Kier alpha value is -4.17. The Kier molecular flexibility index (Phi) is 7.74. The molecule has 1 heterocycles. The molecule has 0 saturated carbocycles. The zero-order valence-corrected chi connectivity index (χ0v) is 25.9. The highest BCUT2D eigenvalue weighted by Gasteiger charge is 2.57. The van der Waals surface area contributed by atoms with Crippen LogP contribution in [0.4, 0.5) is 5.69 Å². The summed E-state index contributed by atoms with van der Waals surface area (Å²) in [4.78, 5) is 22.3. The molecule has 0 saturated heterocycles. The van der Waals surface area contributed by atoms with Gasteiger partial charge in [-0.1, -0.05) is 114 Å². The second kappa shape index (κ2) is 11.4. The van der Waals surface area contributed by atoms with E-state index in [-0.39, 0.29) is 32.7 Å². The first-order valence-electron chi connectivity index (χ1n) is 13.6. The van der Waals surface area contributed by atoms with Crippen molar-refractivity contribution < 1.29 is 27.2 Å². The molecule has 7 nitrogen and oxygen atoms in total. The molecule has 0 aliphatic carbocycles. The Morgan fingerprint density at radius 1 is 0.773 bits per heavy atom. The molecule has 0 amide bonds. The van der Waals surface area contributed by atoms with E-state index in [1.54, 1.807) is 127 Å². The average molecular weight is 644 g/mol. The van der Waals surface area contributed by atoms with Crippen molar-refractivity contribution in [3.05, 3.63) is 155 Å². The molecule has 0 radical (unpaired) electrons. The Balaban J connectivity index is 1.80. The van der Waals surface area contributed by atoms with Crippen molar-refractivity contribution in [2.75, 3.05) is 4.72 Å². The van der Waals surface area contributed by atoms with Crippen LogP contribution in [0.15, 0.2) is 137 Å². The molecule has 10 heteroatoms. The molecule has 0 spiro atoms. The number of hydrogen-bond donors (Lipinski definition) is 3. The zero-order valence-electron chi connectivity index (χ0n) is 23.4.